The average Bonchev–Trinajstić information content (AvgIpc) is 2.38. The molecule has 0 amide bonds. The number of rotatable bonds is 5. The van der Waals surface area contributed by atoms with E-state index in [1.807, 2.05) is 6.07 Å². The van der Waals surface area contributed by atoms with Crippen molar-refractivity contribution < 1.29 is 19.1 Å². The van der Waals surface area contributed by atoms with Crippen LogP contribution in [0.1, 0.15) is 17.3 Å². The molecule has 0 aliphatic heterocycles. The van der Waals surface area contributed by atoms with E-state index in [4.69, 9.17) is 9.47 Å². The number of carbonyl (C=O) groups excluding carboxylic acids is 2. The lowest BCUT2D eigenvalue weighted by Gasteiger charge is -2.09. The third-order valence-electron chi connectivity index (χ3n) is 2.11. The molecule has 0 unspecified atom stereocenters. The summed E-state index contributed by atoms with van der Waals surface area (Å²) in [5.74, 6) is -0.906. The van der Waals surface area contributed by atoms with Crippen molar-refractivity contribution in [3.8, 4) is 0 Å². The number of carbonyl (C=O) groups is 2. The van der Waals surface area contributed by atoms with E-state index in [0.29, 0.717) is 11.1 Å². The molecule has 0 atom stereocenters. The van der Waals surface area contributed by atoms with E-state index in [-0.39, 0.29) is 13.2 Å². The van der Waals surface area contributed by atoms with Gasteiger partial charge in [-0.3, -0.25) is 0 Å². The van der Waals surface area contributed by atoms with E-state index in [1.165, 1.54) is 0 Å². The Morgan fingerprint density at radius 3 is 2.35 bits per heavy atom. The Labute approximate surface area is 158 Å². The van der Waals surface area contributed by atoms with Gasteiger partial charge >= 0.3 is 11.9 Å². The van der Waals surface area contributed by atoms with Crippen molar-refractivity contribution in [2.45, 2.75) is 6.92 Å². The summed E-state index contributed by atoms with van der Waals surface area (Å²) in [5.41, 5.74) is 0.839. The maximum absolute atomic E-state index is 12.0. The van der Waals surface area contributed by atoms with Gasteiger partial charge in [-0.25, -0.2) is 9.59 Å². The zero-order valence-corrected chi connectivity index (χ0v) is 17.0. The molecule has 1 aromatic rings. The predicted molar refractivity (Wildman–Crippen MR) is 101 cm³/mol. The van der Waals surface area contributed by atoms with Gasteiger partial charge in [0.15, 0.2) is 0 Å². The van der Waals surface area contributed by atoms with E-state index in [1.54, 1.807) is 13.0 Å². The second kappa shape index (κ2) is 8.51. The Hall–Kier alpha value is 0.0900. The SMILES string of the molecule is C=C(C)C(=O)OCCOC(=O)c1cc(I)cc(I)c1I. The summed E-state index contributed by atoms with van der Waals surface area (Å²) in [6.07, 6.45) is 0. The number of ether oxygens (including phenoxy) is 2. The molecular weight excluding hydrogens is 601 g/mol. The summed E-state index contributed by atoms with van der Waals surface area (Å²) < 4.78 is 12.8. The topological polar surface area (TPSA) is 52.6 Å². The summed E-state index contributed by atoms with van der Waals surface area (Å²) in [6, 6.07) is 3.75. The molecule has 4 nitrogen and oxygen atoms in total. The van der Waals surface area contributed by atoms with Crippen molar-refractivity contribution in [1.29, 1.82) is 0 Å². The van der Waals surface area contributed by atoms with E-state index in [0.717, 1.165) is 10.7 Å². The zero-order valence-electron chi connectivity index (χ0n) is 10.5. The number of hydrogen-bond acceptors (Lipinski definition) is 4. The molecule has 0 bridgehead atoms. The van der Waals surface area contributed by atoms with Gasteiger partial charge in [0.05, 0.1) is 5.56 Å². The first-order valence-electron chi connectivity index (χ1n) is 5.47. The third-order valence-corrected chi connectivity index (χ3v) is 5.78. The molecule has 0 N–H and O–H groups in total. The van der Waals surface area contributed by atoms with Crippen molar-refractivity contribution >= 4 is 79.7 Å². The third kappa shape index (κ3) is 5.47. The van der Waals surface area contributed by atoms with Crippen LogP contribution < -0.4 is 0 Å². The van der Waals surface area contributed by atoms with Crippen LogP contribution in [0.25, 0.3) is 0 Å². The van der Waals surface area contributed by atoms with Crippen molar-refractivity contribution in [2.24, 2.45) is 0 Å². The molecule has 0 spiro atoms. The lowest BCUT2D eigenvalue weighted by Crippen LogP contribution is -2.15. The van der Waals surface area contributed by atoms with E-state index in [9.17, 15) is 9.59 Å². The van der Waals surface area contributed by atoms with Gasteiger partial charge in [0.25, 0.3) is 0 Å². The van der Waals surface area contributed by atoms with Crippen LogP contribution in [0.2, 0.25) is 0 Å². The summed E-state index contributed by atoms with van der Waals surface area (Å²) in [4.78, 5) is 23.1. The fourth-order valence-electron chi connectivity index (χ4n) is 1.17. The van der Waals surface area contributed by atoms with Gasteiger partial charge in [-0.15, -0.1) is 0 Å². The van der Waals surface area contributed by atoms with Crippen LogP contribution in [0.3, 0.4) is 0 Å². The lowest BCUT2D eigenvalue weighted by atomic mass is 10.2. The predicted octanol–water partition coefficient (Wildman–Crippen LogP) is 3.78. The standard InChI is InChI=1S/C13H11I3O4/c1-7(2)12(17)19-3-4-20-13(18)9-5-8(14)6-10(15)11(9)16/h5-6H,1,3-4H2,2H3. The second-order valence-electron chi connectivity index (χ2n) is 3.80. The number of esters is 2. The Kier molecular flexibility index (Phi) is 7.72. The Morgan fingerprint density at radius 2 is 1.75 bits per heavy atom. The van der Waals surface area contributed by atoms with Crippen molar-refractivity contribution in [1.82, 2.24) is 0 Å². The van der Waals surface area contributed by atoms with Crippen LogP contribution >= 0.6 is 67.8 Å². The van der Waals surface area contributed by atoms with Crippen molar-refractivity contribution in [2.75, 3.05) is 13.2 Å². The molecule has 0 saturated carbocycles. The minimum absolute atomic E-state index is 0.0228. The maximum Gasteiger partial charge on any atom is 0.339 e. The molecule has 0 heterocycles. The minimum atomic E-state index is -0.487. The molecule has 0 saturated heterocycles. The molecule has 0 fully saturated rings. The molecule has 0 aliphatic rings. The lowest BCUT2D eigenvalue weighted by molar-refractivity contribution is -0.140. The molecule has 0 aliphatic carbocycles. The van der Waals surface area contributed by atoms with Crippen LogP contribution in [-0.2, 0) is 14.3 Å². The number of hydrogen-bond donors (Lipinski definition) is 0. The first kappa shape index (κ1) is 18.1. The monoisotopic (exact) mass is 612 g/mol. The van der Waals surface area contributed by atoms with E-state index < -0.39 is 11.9 Å². The zero-order chi connectivity index (χ0) is 15.3. The van der Waals surface area contributed by atoms with Crippen molar-refractivity contribution in [3.05, 3.63) is 40.6 Å². The normalized spacial score (nSPS) is 10.0. The summed E-state index contributed by atoms with van der Waals surface area (Å²) in [6.45, 7) is 5.07. The van der Waals surface area contributed by atoms with E-state index in [2.05, 4.69) is 74.4 Å². The van der Waals surface area contributed by atoms with Crippen LogP contribution in [0, 0.1) is 10.7 Å². The molecule has 20 heavy (non-hydrogen) atoms. The van der Waals surface area contributed by atoms with Gasteiger partial charge in [-0.05, 0) is 86.8 Å². The molecule has 1 rings (SSSR count). The molecule has 0 radical (unpaired) electrons. The summed E-state index contributed by atoms with van der Waals surface area (Å²) in [5, 5.41) is 0. The highest BCUT2D eigenvalue weighted by Crippen LogP contribution is 2.23. The quantitative estimate of drug-likeness (QED) is 0.167. The summed E-state index contributed by atoms with van der Waals surface area (Å²) in [7, 11) is 0. The summed E-state index contributed by atoms with van der Waals surface area (Å²) >= 11 is 6.43. The average molecular weight is 612 g/mol. The van der Waals surface area contributed by atoms with E-state index >= 15 is 0 Å². The van der Waals surface area contributed by atoms with Gasteiger partial charge < -0.3 is 9.47 Å². The van der Waals surface area contributed by atoms with Crippen molar-refractivity contribution in [3.63, 3.8) is 0 Å². The molecule has 108 valence electrons. The van der Waals surface area contributed by atoms with Gasteiger partial charge in [-0.1, -0.05) is 6.58 Å². The van der Waals surface area contributed by atoms with Gasteiger partial charge in [-0.2, -0.15) is 0 Å². The highest BCUT2D eigenvalue weighted by atomic mass is 127. The van der Waals surface area contributed by atoms with Crippen LogP contribution in [0.4, 0.5) is 0 Å². The fourth-order valence-corrected chi connectivity index (χ4v) is 3.55. The highest BCUT2D eigenvalue weighted by molar-refractivity contribution is 14.1. The fraction of sp³-hybridized carbons (Fsp3) is 0.231. The molecule has 1 aromatic carbocycles. The van der Waals surface area contributed by atoms with Crippen LogP contribution in [-0.4, -0.2) is 25.2 Å². The van der Waals surface area contributed by atoms with Gasteiger partial charge in [0.1, 0.15) is 13.2 Å². The minimum Gasteiger partial charge on any atom is -0.459 e. The largest absolute Gasteiger partial charge is 0.459 e. The molecular formula is C13H11I3O4. The molecule has 0 aromatic heterocycles. The van der Waals surface area contributed by atoms with Crippen LogP contribution in [0.15, 0.2) is 24.3 Å². The Morgan fingerprint density at radius 1 is 1.15 bits per heavy atom. The first-order chi connectivity index (χ1) is 9.32. The second-order valence-corrected chi connectivity index (χ2v) is 7.29. The highest BCUT2D eigenvalue weighted by Gasteiger charge is 2.15. The van der Waals surface area contributed by atoms with Gasteiger partial charge in [0.2, 0.25) is 0 Å². The maximum atomic E-state index is 12.0. The smallest absolute Gasteiger partial charge is 0.339 e. The first-order valence-corrected chi connectivity index (χ1v) is 8.71. The number of halogens is 3. The van der Waals surface area contributed by atoms with Crippen LogP contribution in [0.5, 0.6) is 0 Å². The number of benzene rings is 1. The Bertz CT molecular complexity index is 555. The molecule has 7 heteroatoms. The Balaban J connectivity index is 2.56. The van der Waals surface area contributed by atoms with Gasteiger partial charge in [0, 0.05) is 16.3 Å².